The Morgan fingerprint density at radius 2 is 1.67 bits per heavy atom. The summed E-state index contributed by atoms with van der Waals surface area (Å²) in [4.78, 5) is 13.3. The van der Waals surface area contributed by atoms with Crippen LogP contribution in [0.5, 0.6) is 0 Å². The van der Waals surface area contributed by atoms with E-state index in [0.29, 0.717) is 17.8 Å². The van der Waals surface area contributed by atoms with Crippen molar-refractivity contribution in [3.8, 4) is 0 Å². The van der Waals surface area contributed by atoms with Gasteiger partial charge in [-0.15, -0.1) is 0 Å². The molecule has 1 heterocycles. The third kappa shape index (κ3) is 2.87. The number of benzene rings is 1. The summed E-state index contributed by atoms with van der Waals surface area (Å²) in [5.41, 5.74) is 3.75. The Morgan fingerprint density at radius 1 is 0.939 bits per heavy atom. The van der Waals surface area contributed by atoms with Crippen LogP contribution < -0.4 is 0 Å². The Labute approximate surface area is 198 Å². The number of carbonyl (C=O) groups excluding carboxylic acids is 1. The number of allylic oxidation sites excluding steroid dienone is 3. The normalized spacial score (nSPS) is 43.6. The van der Waals surface area contributed by atoms with Gasteiger partial charge in [0.25, 0.3) is 0 Å². The van der Waals surface area contributed by atoms with Crippen LogP contribution in [0.1, 0.15) is 84.1 Å². The van der Waals surface area contributed by atoms with Crippen LogP contribution in [0.15, 0.2) is 53.3 Å². The molecule has 6 rings (SSSR count). The fraction of sp³-hybridized carbons (Fsp3) is 0.633. The third-order valence-electron chi connectivity index (χ3n) is 10.6. The number of fused-ring (bicyclic) bond motifs is 6. The molecule has 3 nitrogen and oxygen atoms in total. The molecular weight excluding hydrogens is 408 g/mol. The van der Waals surface area contributed by atoms with E-state index >= 15 is 0 Å². The van der Waals surface area contributed by atoms with Gasteiger partial charge in [0.05, 0.1) is 11.5 Å². The Hall–Kier alpha value is -1.87. The minimum absolute atomic E-state index is 0.0500. The van der Waals surface area contributed by atoms with E-state index in [9.17, 15) is 9.90 Å². The van der Waals surface area contributed by atoms with Gasteiger partial charge in [-0.05, 0) is 93.1 Å². The summed E-state index contributed by atoms with van der Waals surface area (Å²) in [7, 11) is 0. The van der Waals surface area contributed by atoms with E-state index in [-0.39, 0.29) is 28.8 Å². The lowest BCUT2D eigenvalue weighted by molar-refractivity contribution is -0.155. The lowest BCUT2D eigenvalue weighted by Gasteiger charge is -2.57. The van der Waals surface area contributed by atoms with Gasteiger partial charge < -0.3 is 9.84 Å². The summed E-state index contributed by atoms with van der Waals surface area (Å²) in [6.45, 7) is 8.99. The lowest BCUT2D eigenvalue weighted by atomic mass is 9.48. The van der Waals surface area contributed by atoms with Gasteiger partial charge in [0, 0.05) is 11.3 Å². The van der Waals surface area contributed by atoms with Crippen LogP contribution in [0.3, 0.4) is 0 Å². The molecule has 176 valence electrons. The van der Waals surface area contributed by atoms with Crippen molar-refractivity contribution in [2.75, 3.05) is 0 Å². The van der Waals surface area contributed by atoms with Gasteiger partial charge in [0.15, 0.2) is 0 Å². The average Bonchev–Trinajstić information content (AvgIpc) is 3.07. The lowest BCUT2D eigenvalue weighted by Crippen LogP contribution is -2.50. The monoisotopic (exact) mass is 446 g/mol. The van der Waals surface area contributed by atoms with Crippen molar-refractivity contribution < 1.29 is 14.6 Å². The van der Waals surface area contributed by atoms with Crippen molar-refractivity contribution in [2.24, 2.45) is 34.0 Å². The van der Waals surface area contributed by atoms with Gasteiger partial charge in [-0.1, -0.05) is 55.8 Å². The van der Waals surface area contributed by atoms with Crippen molar-refractivity contribution in [3.63, 3.8) is 0 Å². The van der Waals surface area contributed by atoms with Crippen molar-refractivity contribution in [1.29, 1.82) is 0 Å². The highest BCUT2D eigenvalue weighted by molar-refractivity contribution is 5.81. The predicted molar refractivity (Wildman–Crippen MR) is 129 cm³/mol. The molecule has 0 bridgehead atoms. The first-order valence-electron chi connectivity index (χ1n) is 13.0. The standard InChI is InChI=1S/C30H38O3/c1-28(2)25(18-8-6-5-7-9-18)22-17-24-21-11-10-19-16-20(31)12-14-29(19,3)23(21)13-15-30(24,4)26(22)33-27(28)32/h5-10,20-21,23-25,31H,11-17H2,1-4H3/t20-,21+,23-,24-,25+,29-,30-/m0/s1. The number of aliphatic hydroxyl groups is 1. The molecular formula is C30H38O3. The zero-order valence-corrected chi connectivity index (χ0v) is 20.6. The minimum atomic E-state index is -0.561. The number of aliphatic hydroxyl groups excluding tert-OH is 1. The second-order valence-electron chi connectivity index (χ2n) is 12.6. The highest BCUT2D eigenvalue weighted by Gasteiger charge is 2.62. The maximum atomic E-state index is 13.3. The van der Waals surface area contributed by atoms with Crippen molar-refractivity contribution in [1.82, 2.24) is 0 Å². The zero-order valence-electron chi connectivity index (χ0n) is 20.6. The number of carbonyl (C=O) groups is 1. The molecule has 7 atom stereocenters. The first kappa shape index (κ1) is 21.6. The molecule has 5 aliphatic rings. The predicted octanol–water partition coefficient (Wildman–Crippen LogP) is 6.54. The van der Waals surface area contributed by atoms with Gasteiger partial charge in [0.2, 0.25) is 0 Å². The van der Waals surface area contributed by atoms with Crippen LogP contribution in [0, 0.1) is 34.0 Å². The number of ether oxygens (including phenoxy) is 1. The Kier molecular flexibility index (Phi) is 4.64. The molecule has 2 saturated carbocycles. The number of rotatable bonds is 1. The van der Waals surface area contributed by atoms with E-state index < -0.39 is 5.41 Å². The molecule has 1 N–H and O–H groups in total. The highest BCUT2D eigenvalue weighted by atomic mass is 16.5. The summed E-state index contributed by atoms with van der Waals surface area (Å²) < 4.78 is 6.27. The van der Waals surface area contributed by atoms with Crippen molar-refractivity contribution in [2.45, 2.75) is 84.7 Å². The summed E-state index contributed by atoms with van der Waals surface area (Å²) in [6, 6.07) is 10.6. The van der Waals surface area contributed by atoms with E-state index in [2.05, 4.69) is 64.1 Å². The fourth-order valence-electron chi connectivity index (χ4n) is 8.79. The van der Waals surface area contributed by atoms with E-state index in [1.165, 1.54) is 23.1 Å². The summed E-state index contributed by atoms with van der Waals surface area (Å²) in [5, 5.41) is 10.3. The fourth-order valence-corrected chi connectivity index (χ4v) is 8.79. The minimum Gasteiger partial charge on any atom is -0.430 e. The molecule has 1 aliphatic heterocycles. The average molecular weight is 447 g/mol. The van der Waals surface area contributed by atoms with Crippen LogP contribution in [0.4, 0.5) is 0 Å². The summed E-state index contributed by atoms with van der Waals surface area (Å²) in [6.07, 6.45) is 9.65. The Morgan fingerprint density at radius 3 is 2.42 bits per heavy atom. The van der Waals surface area contributed by atoms with Crippen molar-refractivity contribution >= 4 is 5.97 Å². The largest absolute Gasteiger partial charge is 0.430 e. The van der Waals surface area contributed by atoms with E-state index in [1.807, 2.05) is 0 Å². The first-order valence-corrected chi connectivity index (χ1v) is 13.0. The first-order chi connectivity index (χ1) is 15.7. The SMILES string of the molecule is CC1(C)C(=O)OC2=C(C[C@H]3[C@@H]4CC=C5C[C@@H](O)CC[C@]5(C)[C@H]4CC[C@]23C)[C@H]1c1ccccc1. The van der Waals surface area contributed by atoms with Gasteiger partial charge >= 0.3 is 5.97 Å². The molecule has 0 unspecified atom stereocenters. The van der Waals surface area contributed by atoms with E-state index in [1.54, 1.807) is 0 Å². The topological polar surface area (TPSA) is 46.5 Å². The Bertz CT molecular complexity index is 1050. The van der Waals surface area contributed by atoms with Crippen LogP contribution in [-0.4, -0.2) is 17.2 Å². The van der Waals surface area contributed by atoms with Crippen LogP contribution in [0.2, 0.25) is 0 Å². The van der Waals surface area contributed by atoms with Gasteiger partial charge in [-0.3, -0.25) is 4.79 Å². The van der Waals surface area contributed by atoms with Gasteiger partial charge in [-0.25, -0.2) is 0 Å². The van der Waals surface area contributed by atoms with Gasteiger partial charge in [-0.2, -0.15) is 0 Å². The summed E-state index contributed by atoms with van der Waals surface area (Å²) >= 11 is 0. The number of hydrogen-bond donors (Lipinski definition) is 1. The molecule has 1 aromatic rings. The molecule has 0 spiro atoms. The molecule has 0 amide bonds. The maximum absolute atomic E-state index is 13.3. The van der Waals surface area contributed by atoms with Crippen LogP contribution in [0.25, 0.3) is 0 Å². The van der Waals surface area contributed by atoms with Crippen LogP contribution >= 0.6 is 0 Å². The quantitative estimate of drug-likeness (QED) is 0.393. The molecule has 2 fully saturated rings. The summed E-state index contributed by atoms with van der Waals surface area (Å²) in [5.74, 6) is 2.85. The second-order valence-corrected chi connectivity index (χ2v) is 12.6. The molecule has 0 radical (unpaired) electrons. The smallest absolute Gasteiger partial charge is 0.317 e. The number of esters is 1. The highest BCUT2D eigenvalue weighted by Crippen LogP contribution is 2.69. The molecule has 0 saturated heterocycles. The molecule has 3 heteroatoms. The molecule has 1 aromatic carbocycles. The third-order valence-corrected chi connectivity index (χ3v) is 10.6. The van der Waals surface area contributed by atoms with E-state index in [4.69, 9.17) is 4.74 Å². The maximum Gasteiger partial charge on any atom is 0.317 e. The zero-order chi connectivity index (χ0) is 23.2. The molecule has 4 aliphatic carbocycles. The van der Waals surface area contributed by atoms with Crippen LogP contribution in [-0.2, 0) is 9.53 Å². The Balaban J connectivity index is 1.41. The molecule has 33 heavy (non-hydrogen) atoms. The molecule has 0 aromatic heterocycles. The van der Waals surface area contributed by atoms with Gasteiger partial charge in [0.1, 0.15) is 5.76 Å². The second kappa shape index (κ2) is 7.07. The van der Waals surface area contributed by atoms with Crippen molar-refractivity contribution in [3.05, 3.63) is 58.9 Å². The number of hydrogen-bond acceptors (Lipinski definition) is 3. The van der Waals surface area contributed by atoms with E-state index in [0.717, 1.165) is 44.3 Å².